The Balaban J connectivity index is 2.04. The van der Waals surface area contributed by atoms with E-state index in [1.54, 1.807) is 36.1 Å². The van der Waals surface area contributed by atoms with Crippen molar-refractivity contribution in [2.24, 2.45) is 16.3 Å². The Morgan fingerprint density at radius 3 is 2.52 bits per heavy atom. The van der Waals surface area contributed by atoms with Crippen molar-refractivity contribution in [2.45, 2.75) is 65.6 Å². The molecule has 1 aliphatic rings. The number of nitrogens with two attached hydrogens (primary N) is 1. The zero-order chi connectivity index (χ0) is 24.6. The highest BCUT2D eigenvalue weighted by atomic mass is 16.5. The molecule has 0 bridgehead atoms. The second-order valence-corrected chi connectivity index (χ2v) is 9.27. The van der Waals surface area contributed by atoms with Crippen LogP contribution < -0.4 is 16.4 Å². The highest BCUT2D eigenvalue weighted by Crippen LogP contribution is 2.25. The molecule has 1 saturated heterocycles. The lowest BCUT2D eigenvalue weighted by atomic mass is 9.87. The second-order valence-electron chi connectivity index (χ2n) is 9.27. The maximum atomic E-state index is 13.3. The number of amidine groups is 1. The molecule has 2 rings (SSSR count). The van der Waals surface area contributed by atoms with Gasteiger partial charge in [0.05, 0.1) is 6.61 Å². The number of carbonyl (C=O) groups is 3. The van der Waals surface area contributed by atoms with E-state index in [9.17, 15) is 14.4 Å². The first kappa shape index (κ1) is 26.0. The van der Waals surface area contributed by atoms with Crippen LogP contribution in [0.25, 0.3) is 0 Å². The van der Waals surface area contributed by atoms with Crippen molar-refractivity contribution in [3.8, 4) is 0 Å². The number of nitrogens with zero attached hydrogens (tertiary/aromatic N) is 2. The molecule has 0 radical (unpaired) electrons. The Morgan fingerprint density at radius 1 is 1.27 bits per heavy atom. The average molecular weight is 462 g/mol. The molecule has 0 saturated carbocycles. The lowest BCUT2D eigenvalue weighted by Crippen LogP contribution is -2.54. The van der Waals surface area contributed by atoms with E-state index >= 15 is 0 Å². The van der Waals surface area contributed by atoms with Crippen LogP contribution in [0.5, 0.6) is 0 Å². The molecule has 1 aliphatic heterocycles. The zero-order valence-corrected chi connectivity index (χ0v) is 19.8. The fraction of sp³-hybridized carbons (Fsp3) is 0.565. The van der Waals surface area contributed by atoms with Crippen molar-refractivity contribution >= 4 is 23.7 Å². The summed E-state index contributed by atoms with van der Waals surface area (Å²) in [6, 6.07) is 5.56. The molecule has 0 aromatic heterocycles. The molecule has 3 amide bonds. The van der Waals surface area contributed by atoms with Crippen molar-refractivity contribution in [1.82, 2.24) is 15.5 Å². The molecule has 1 aromatic rings. The summed E-state index contributed by atoms with van der Waals surface area (Å²) in [7, 11) is 0. The van der Waals surface area contributed by atoms with Gasteiger partial charge in [-0.1, -0.05) is 50.2 Å². The van der Waals surface area contributed by atoms with Crippen LogP contribution >= 0.6 is 0 Å². The zero-order valence-electron chi connectivity index (χ0n) is 19.8. The SMILES string of the molecule is CCOC(=O)NC(CC(C)(C)C)C(=O)N1CCCC1C(=O)NCc1ccc(/C(N)=N/O)cc1. The van der Waals surface area contributed by atoms with Gasteiger partial charge in [-0.2, -0.15) is 0 Å². The van der Waals surface area contributed by atoms with Crippen LogP contribution in [0.2, 0.25) is 0 Å². The van der Waals surface area contributed by atoms with Gasteiger partial charge in [-0.05, 0) is 37.2 Å². The standard InChI is InChI=1S/C23H35N5O5/c1-5-33-22(31)26-17(13-23(2,3)4)21(30)28-12-6-7-18(28)20(29)25-14-15-8-10-16(11-9-15)19(24)27-32/h8-11,17-18,32H,5-7,12-14H2,1-4H3,(H2,24,27)(H,25,29)(H,26,31). The van der Waals surface area contributed by atoms with Crippen LogP contribution in [0.15, 0.2) is 29.4 Å². The first-order valence-corrected chi connectivity index (χ1v) is 11.1. The van der Waals surface area contributed by atoms with Gasteiger partial charge in [0.1, 0.15) is 12.1 Å². The largest absolute Gasteiger partial charge is 0.450 e. The minimum atomic E-state index is -0.774. The van der Waals surface area contributed by atoms with Crippen molar-refractivity contribution < 1.29 is 24.3 Å². The van der Waals surface area contributed by atoms with E-state index in [4.69, 9.17) is 15.7 Å². The Bertz CT molecular complexity index is 863. The lowest BCUT2D eigenvalue weighted by Gasteiger charge is -2.31. The van der Waals surface area contributed by atoms with Gasteiger partial charge in [0, 0.05) is 18.7 Å². The molecule has 10 nitrogen and oxygen atoms in total. The third-order valence-electron chi connectivity index (χ3n) is 5.34. The Morgan fingerprint density at radius 2 is 1.94 bits per heavy atom. The van der Waals surface area contributed by atoms with Crippen LogP contribution in [0, 0.1) is 5.41 Å². The van der Waals surface area contributed by atoms with Crippen molar-refractivity contribution in [1.29, 1.82) is 0 Å². The lowest BCUT2D eigenvalue weighted by molar-refractivity contribution is -0.140. The summed E-state index contributed by atoms with van der Waals surface area (Å²) in [6.45, 7) is 8.59. The van der Waals surface area contributed by atoms with Crippen molar-refractivity contribution in [2.75, 3.05) is 13.2 Å². The molecule has 1 heterocycles. The van der Waals surface area contributed by atoms with Crippen LogP contribution in [-0.4, -0.2) is 59.1 Å². The molecule has 5 N–H and O–H groups in total. The van der Waals surface area contributed by atoms with Gasteiger partial charge in [-0.15, -0.1) is 0 Å². The summed E-state index contributed by atoms with van der Waals surface area (Å²) in [5.74, 6) is -0.516. The minimum absolute atomic E-state index is 0.00642. The average Bonchev–Trinajstić information content (AvgIpc) is 3.25. The molecule has 33 heavy (non-hydrogen) atoms. The van der Waals surface area contributed by atoms with E-state index in [2.05, 4.69) is 15.8 Å². The fourth-order valence-corrected chi connectivity index (χ4v) is 3.79. The maximum absolute atomic E-state index is 13.3. The van der Waals surface area contributed by atoms with Gasteiger partial charge in [0.25, 0.3) is 0 Å². The van der Waals surface area contributed by atoms with Gasteiger partial charge < -0.3 is 31.2 Å². The van der Waals surface area contributed by atoms with E-state index in [-0.39, 0.29) is 36.2 Å². The maximum Gasteiger partial charge on any atom is 0.407 e. The number of nitrogens with one attached hydrogen (secondary N) is 2. The first-order valence-electron chi connectivity index (χ1n) is 11.1. The summed E-state index contributed by atoms with van der Waals surface area (Å²) in [4.78, 5) is 39.8. The number of carbonyl (C=O) groups excluding carboxylic acids is 3. The number of hydrogen-bond donors (Lipinski definition) is 4. The van der Waals surface area contributed by atoms with Gasteiger partial charge in [-0.25, -0.2) is 4.79 Å². The summed E-state index contributed by atoms with van der Waals surface area (Å²) in [5.41, 5.74) is 6.75. The predicted molar refractivity (Wildman–Crippen MR) is 124 cm³/mol. The quantitative estimate of drug-likeness (QED) is 0.201. The van der Waals surface area contributed by atoms with Gasteiger partial charge in [0.15, 0.2) is 5.84 Å². The molecule has 1 aromatic carbocycles. The predicted octanol–water partition coefficient (Wildman–Crippen LogP) is 1.94. The molecule has 1 fully saturated rings. The molecule has 182 valence electrons. The number of hydrogen-bond acceptors (Lipinski definition) is 6. The number of likely N-dealkylation sites (tertiary alicyclic amines) is 1. The van der Waals surface area contributed by atoms with Crippen LogP contribution in [0.4, 0.5) is 4.79 Å². The van der Waals surface area contributed by atoms with E-state index in [0.717, 1.165) is 5.56 Å². The molecular formula is C23H35N5O5. The van der Waals surface area contributed by atoms with Gasteiger partial charge in [-0.3, -0.25) is 9.59 Å². The minimum Gasteiger partial charge on any atom is -0.450 e. The number of rotatable bonds is 8. The van der Waals surface area contributed by atoms with E-state index < -0.39 is 18.2 Å². The Kier molecular flexibility index (Phi) is 9.07. The van der Waals surface area contributed by atoms with Gasteiger partial charge >= 0.3 is 6.09 Å². The Hall–Kier alpha value is -3.30. The number of oxime groups is 1. The van der Waals surface area contributed by atoms with Crippen LogP contribution in [-0.2, 0) is 20.9 Å². The third kappa shape index (κ3) is 7.65. The van der Waals surface area contributed by atoms with Crippen molar-refractivity contribution in [3.05, 3.63) is 35.4 Å². The summed E-state index contributed by atoms with van der Waals surface area (Å²) >= 11 is 0. The second kappa shape index (κ2) is 11.5. The molecule has 2 atom stereocenters. The summed E-state index contributed by atoms with van der Waals surface area (Å²) in [6.07, 6.45) is 1.04. The number of ether oxygens (including phenoxy) is 1. The first-order chi connectivity index (χ1) is 15.6. The number of benzene rings is 1. The van der Waals surface area contributed by atoms with Gasteiger partial charge in [0.2, 0.25) is 11.8 Å². The normalized spacial score (nSPS) is 17.4. The molecule has 0 aliphatic carbocycles. The number of alkyl carbamates (subject to hydrolysis) is 1. The summed E-state index contributed by atoms with van der Waals surface area (Å²) < 4.78 is 4.96. The van der Waals surface area contributed by atoms with E-state index in [0.29, 0.717) is 31.4 Å². The molecule has 0 spiro atoms. The highest BCUT2D eigenvalue weighted by Gasteiger charge is 2.38. The Labute approximate surface area is 194 Å². The number of amides is 3. The summed E-state index contributed by atoms with van der Waals surface area (Å²) in [5, 5.41) is 17.2. The van der Waals surface area contributed by atoms with E-state index in [1.807, 2.05) is 20.8 Å². The molecule has 2 unspecified atom stereocenters. The van der Waals surface area contributed by atoms with E-state index in [1.165, 1.54) is 0 Å². The topological polar surface area (TPSA) is 146 Å². The monoisotopic (exact) mass is 461 g/mol. The van der Waals surface area contributed by atoms with Crippen molar-refractivity contribution in [3.63, 3.8) is 0 Å². The molecule has 10 heteroatoms. The molecular weight excluding hydrogens is 426 g/mol. The fourth-order valence-electron chi connectivity index (χ4n) is 3.79. The van der Waals surface area contributed by atoms with Crippen LogP contribution in [0.3, 0.4) is 0 Å². The third-order valence-corrected chi connectivity index (χ3v) is 5.34. The highest BCUT2D eigenvalue weighted by molar-refractivity contribution is 5.97. The smallest absolute Gasteiger partial charge is 0.407 e. The van der Waals surface area contributed by atoms with Crippen LogP contribution in [0.1, 0.15) is 58.1 Å².